The van der Waals surface area contributed by atoms with Crippen LogP contribution in [0.4, 0.5) is 4.39 Å². The van der Waals surface area contributed by atoms with Crippen molar-refractivity contribution in [3.8, 4) is 17.1 Å². The van der Waals surface area contributed by atoms with Crippen LogP contribution in [0.2, 0.25) is 0 Å². The second kappa shape index (κ2) is 7.48. The van der Waals surface area contributed by atoms with Gasteiger partial charge in [-0.15, -0.1) is 0 Å². The lowest BCUT2D eigenvalue weighted by molar-refractivity contribution is 0.0765. The highest BCUT2D eigenvalue weighted by Crippen LogP contribution is 2.22. The van der Waals surface area contributed by atoms with E-state index in [1.807, 2.05) is 6.07 Å². The molecule has 1 N–H and O–H groups in total. The van der Waals surface area contributed by atoms with Gasteiger partial charge in [-0.3, -0.25) is 9.89 Å². The summed E-state index contributed by atoms with van der Waals surface area (Å²) in [7, 11) is 0. The molecule has 0 saturated carbocycles. The molecule has 0 aliphatic carbocycles. The van der Waals surface area contributed by atoms with E-state index in [-0.39, 0.29) is 17.8 Å². The third kappa shape index (κ3) is 4.00. The minimum atomic E-state index is -0.311. The summed E-state index contributed by atoms with van der Waals surface area (Å²) in [5, 5.41) is 6.94. The number of ether oxygens (including phenoxy) is 1. The fourth-order valence-electron chi connectivity index (χ4n) is 2.98. The Balaban J connectivity index is 1.40. The lowest BCUT2D eigenvalue weighted by Crippen LogP contribution is -2.31. The smallest absolute Gasteiger partial charge is 0.272 e. The van der Waals surface area contributed by atoms with E-state index < -0.39 is 0 Å². The topological polar surface area (TPSA) is 71.1 Å². The van der Waals surface area contributed by atoms with Crippen LogP contribution in [-0.2, 0) is 0 Å². The number of nitrogens with zero attached hydrogens (tertiary/aromatic N) is 3. The van der Waals surface area contributed by atoms with Gasteiger partial charge in [0.1, 0.15) is 17.6 Å². The van der Waals surface area contributed by atoms with Crippen molar-refractivity contribution >= 4 is 21.8 Å². The minimum absolute atomic E-state index is 0.0953. The van der Waals surface area contributed by atoms with Crippen molar-refractivity contribution in [1.82, 2.24) is 20.1 Å². The van der Waals surface area contributed by atoms with E-state index in [2.05, 4.69) is 31.1 Å². The van der Waals surface area contributed by atoms with Gasteiger partial charge in [-0.05, 0) is 52.3 Å². The number of likely N-dealkylation sites (tertiary alicyclic amines) is 1. The fourth-order valence-corrected chi connectivity index (χ4v) is 3.22. The van der Waals surface area contributed by atoms with Crippen LogP contribution in [0.25, 0.3) is 11.3 Å². The van der Waals surface area contributed by atoms with E-state index in [1.54, 1.807) is 35.4 Å². The Kier molecular flexibility index (Phi) is 4.89. The van der Waals surface area contributed by atoms with Crippen LogP contribution >= 0.6 is 15.9 Å². The summed E-state index contributed by atoms with van der Waals surface area (Å²) in [6.45, 7) is 1.09. The number of carbonyl (C=O) groups is 1. The zero-order chi connectivity index (χ0) is 18.8. The molecule has 1 unspecified atom stereocenters. The van der Waals surface area contributed by atoms with Crippen molar-refractivity contribution in [3.05, 3.63) is 64.6 Å². The average Bonchev–Trinajstić information content (AvgIpc) is 3.34. The molecule has 1 saturated heterocycles. The summed E-state index contributed by atoms with van der Waals surface area (Å²) in [5.41, 5.74) is 1.75. The van der Waals surface area contributed by atoms with Crippen LogP contribution < -0.4 is 4.74 Å². The summed E-state index contributed by atoms with van der Waals surface area (Å²) < 4.78 is 19.8. The van der Waals surface area contributed by atoms with Crippen LogP contribution in [0.15, 0.2) is 53.1 Å². The molecule has 1 fully saturated rings. The Hall–Kier alpha value is -2.74. The Morgan fingerprint density at radius 2 is 2.07 bits per heavy atom. The molecule has 3 heterocycles. The second-order valence-electron chi connectivity index (χ2n) is 6.27. The maximum atomic E-state index is 13.0. The van der Waals surface area contributed by atoms with Gasteiger partial charge in [0.2, 0.25) is 5.88 Å². The summed E-state index contributed by atoms with van der Waals surface area (Å²) in [6.07, 6.45) is 2.32. The number of hydrogen-bond acceptors (Lipinski definition) is 4. The Morgan fingerprint density at radius 1 is 1.26 bits per heavy atom. The molecule has 1 atom stereocenters. The molecule has 0 spiro atoms. The molecular formula is C19H16BrFN4O2. The predicted octanol–water partition coefficient (Wildman–Crippen LogP) is 3.67. The predicted molar refractivity (Wildman–Crippen MR) is 101 cm³/mol. The van der Waals surface area contributed by atoms with Crippen LogP contribution in [0, 0.1) is 5.82 Å². The first kappa shape index (κ1) is 17.7. The lowest BCUT2D eigenvalue weighted by Gasteiger charge is -2.16. The Bertz CT molecular complexity index is 943. The molecule has 27 heavy (non-hydrogen) atoms. The van der Waals surface area contributed by atoms with Crippen molar-refractivity contribution in [2.75, 3.05) is 13.1 Å². The molecule has 2 aromatic heterocycles. The number of aromatic amines is 1. The molecule has 6 nitrogen and oxygen atoms in total. The fraction of sp³-hybridized carbons (Fsp3) is 0.211. The SMILES string of the molecule is O=C(c1cc(-c2ccc(F)cc2)n[nH]1)N1CCC(Oc2ccc(Br)cn2)C1. The van der Waals surface area contributed by atoms with Gasteiger partial charge in [0.25, 0.3) is 5.91 Å². The molecular weight excluding hydrogens is 415 g/mol. The van der Waals surface area contributed by atoms with Crippen LogP contribution in [0.3, 0.4) is 0 Å². The van der Waals surface area contributed by atoms with Crippen molar-refractivity contribution in [2.24, 2.45) is 0 Å². The number of pyridine rings is 1. The first-order chi connectivity index (χ1) is 13.1. The molecule has 138 valence electrons. The molecule has 0 radical (unpaired) electrons. The number of hydrogen-bond donors (Lipinski definition) is 1. The summed E-state index contributed by atoms with van der Waals surface area (Å²) >= 11 is 3.34. The van der Waals surface area contributed by atoms with Crippen molar-refractivity contribution in [3.63, 3.8) is 0 Å². The number of nitrogens with one attached hydrogen (secondary N) is 1. The number of H-pyrrole nitrogens is 1. The second-order valence-corrected chi connectivity index (χ2v) is 7.18. The largest absolute Gasteiger partial charge is 0.472 e. The molecule has 8 heteroatoms. The first-order valence-electron chi connectivity index (χ1n) is 8.47. The summed E-state index contributed by atoms with van der Waals surface area (Å²) in [5.74, 6) is 0.0947. The van der Waals surface area contributed by atoms with Crippen molar-refractivity contribution in [1.29, 1.82) is 0 Å². The van der Waals surface area contributed by atoms with Gasteiger partial charge in [0.15, 0.2) is 0 Å². The van der Waals surface area contributed by atoms with Gasteiger partial charge in [-0.25, -0.2) is 9.37 Å². The van der Waals surface area contributed by atoms with E-state index in [4.69, 9.17) is 4.74 Å². The maximum Gasteiger partial charge on any atom is 0.272 e. The highest BCUT2D eigenvalue weighted by molar-refractivity contribution is 9.10. The number of halogens is 2. The molecule has 3 aromatic rings. The van der Waals surface area contributed by atoms with E-state index >= 15 is 0 Å². The van der Waals surface area contributed by atoms with Gasteiger partial charge < -0.3 is 9.64 Å². The van der Waals surface area contributed by atoms with Gasteiger partial charge in [-0.1, -0.05) is 0 Å². The first-order valence-corrected chi connectivity index (χ1v) is 9.26. The van der Waals surface area contributed by atoms with Gasteiger partial charge >= 0.3 is 0 Å². The third-order valence-corrected chi connectivity index (χ3v) is 4.84. The monoisotopic (exact) mass is 430 g/mol. The third-order valence-electron chi connectivity index (χ3n) is 4.37. The van der Waals surface area contributed by atoms with Crippen LogP contribution in [-0.4, -0.2) is 45.2 Å². The van der Waals surface area contributed by atoms with E-state index in [1.165, 1.54) is 12.1 Å². The molecule has 0 bridgehead atoms. The quantitative estimate of drug-likeness (QED) is 0.685. The highest BCUT2D eigenvalue weighted by Gasteiger charge is 2.29. The maximum absolute atomic E-state index is 13.0. The van der Waals surface area contributed by atoms with E-state index in [9.17, 15) is 9.18 Å². The van der Waals surface area contributed by atoms with Gasteiger partial charge in [-0.2, -0.15) is 5.10 Å². The minimum Gasteiger partial charge on any atom is -0.472 e. The van der Waals surface area contributed by atoms with Gasteiger partial charge in [0, 0.05) is 35.3 Å². The van der Waals surface area contributed by atoms with Gasteiger partial charge in [0.05, 0.1) is 12.2 Å². The Labute approximate surface area is 163 Å². The zero-order valence-corrected chi connectivity index (χ0v) is 15.8. The van der Waals surface area contributed by atoms with E-state index in [0.717, 1.165) is 16.5 Å². The number of rotatable bonds is 4. The summed E-state index contributed by atoms with van der Waals surface area (Å²) in [6, 6.07) is 11.3. The molecule has 1 aliphatic heterocycles. The normalized spacial score (nSPS) is 16.5. The van der Waals surface area contributed by atoms with Crippen molar-refractivity contribution < 1.29 is 13.9 Å². The summed E-state index contributed by atoms with van der Waals surface area (Å²) in [4.78, 5) is 18.6. The van der Waals surface area contributed by atoms with E-state index in [0.29, 0.717) is 30.4 Å². The number of carbonyl (C=O) groups excluding carboxylic acids is 1. The number of amides is 1. The number of aromatic nitrogens is 3. The van der Waals surface area contributed by atoms with Crippen LogP contribution in [0.1, 0.15) is 16.9 Å². The molecule has 1 aliphatic rings. The van der Waals surface area contributed by atoms with Crippen LogP contribution in [0.5, 0.6) is 5.88 Å². The van der Waals surface area contributed by atoms with Crippen molar-refractivity contribution in [2.45, 2.75) is 12.5 Å². The standard InChI is InChI=1S/C19H16BrFN4O2/c20-13-3-6-18(22-10-13)27-15-7-8-25(11-15)19(26)17-9-16(23-24-17)12-1-4-14(21)5-2-12/h1-6,9-10,15H,7-8,11H2,(H,23,24). The highest BCUT2D eigenvalue weighted by atomic mass is 79.9. The lowest BCUT2D eigenvalue weighted by atomic mass is 10.1. The average molecular weight is 431 g/mol. The molecule has 4 rings (SSSR count). The Morgan fingerprint density at radius 3 is 2.81 bits per heavy atom. The molecule has 1 aromatic carbocycles. The number of benzene rings is 1. The zero-order valence-electron chi connectivity index (χ0n) is 14.2. The molecule has 1 amide bonds.